The Labute approximate surface area is 167 Å². The van der Waals surface area contributed by atoms with Gasteiger partial charge in [-0.2, -0.15) is 4.98 Å². The molecule has 0 radical (unpaired) electrons. The largest absolute Gasteiger partial charge is 0.443 e. The van der Waals surface area contributed by atoms with Gasteiger partial charge in [-0.05, 0) is 63.0 Å². The van der Waals surface area contributed by atoms with Gasteiger partial charge < -0.3 is 9.26 Å². The average Bonchev–Trinajstić information content (AvgIpc) is 3.12. The van der Waals surface area contributed by atoms with Gasteiger partial charge in [-0.3, -0.25) is 4.99 Å². The molecule has 1 aromatic heterocycles. The number of sulfonamides is 1. The zero-order valence-electron chi connectivity index (χ0n) is 15.7. The lowest BCUT2D eigenvalue weighted by atomic mass is 10.2. The van der Waals surface area contributed by atoms with Crippen molar-refractivity contribution in [2.75, 3.05) is 4.31 Å². The maximum Gasteiger partial charge on any atom is 0.431 e. The SMILES string of the molecule is C=N/C(Cl)=c1/ccc(S(=O)(=O)N(C(=O)OC(C)(C)C)c2ncon2)c/c1=C/C. The molecule has 0 saturated carbocycles. The zero-order valence-corrected chi connectivity index (χ0v) is 17.3. The lowest BCUT2D eigenvalue weighted by molar-refractivity contribution is 0.0606. The van der Waals surface area contributed by atoms with Gasteiger partial charge in [0, 0.05) is 5.22 Å². The van der Waals surface area contributed by atoms with Gasteiger partial charge in [0.25, 0.3) is 16.0 Å². The van der Waals surface area contributed by atoms with Crippen LogP contribution in [0.1, 0.15) is 27.7 Å². The van der Waals surface area contributed by atoms with Crippen LogP contribution >= 0.6 is 11.6 Å². The van der Waals surface area contributed by atoms with Gasteiger partial charge in [0.15, 0.2) is 0 Å². The van der Waals surface area contributed by atoms with Gasteiger partial charge in [0.2, 0.25) is 6.39 Å². The van der Waals surface area contributed by atoms with E-state index in [9.17, 15) is 13.2 Å². The monoisotopic (exact) mass is 426 g/mol. The molecule has 0 spiro atoms. The van der Waals surface area contributed by atoms with Crippen LogP contribution in [0.2, 0.25) is 0 Å². The first-order valence-electron chi connectivity index (χ1n) is 7.99. The van der Waals surface area contributed by atoms with Gasteiger partial charge in [-0.25, -0.2) is 13.2 Å². The van der Waals surface area contributed by atoms with Crippen molar-refractivity contribution in [3.05, 3.63) is 35.0 Å². The molecule has 2 aromatic rings. The summed E-state index contributed by atoms with van der Waals surface area (Å²) in [4.78, 5) is 19.7. The zero-order chi connectivity index (χ0) is 21.1. The van der Waals surface area contributed by atoms with Crippen molar-refractivity contribution < 1.29 is 22.5 Å². The Balaban J connectivity index is 2.67. The highest BCUT2D eigenvalue weighted by atomic mass is 35.5. The maximum absolute atomic E-state index is 13.2. The highest BCUT2D eigenvalue weighted by molar-refractivity contribution is 7.93. The maximum atomic E-state index is 13.2. The van der Waals surface area contributed by atoms with Crippen molar-refractivity contribution in [3.63, 3.8) is 0 Å². The van der Waals surface area contributed by atoms with E-state index in [0.29, 0.717) is 14.7 Å². The van der Waals surface area contributed by atoms with Crippen molar-refractivity contribution in [2.24, 2.45) is 4.99 Å². The highest BCUT2D eigenvalue weighted by Gasteiger charge is 2.37. The topological polar surface area (TPSA) is 115 Å². The average molecular weight is 427 g/mol. The molecule has 0 aliphatic carbocycles. The molecule has 0 bridgehead atoms. The molecule has 0 unspecified atom stereocenters. The fourth-order valence-corrected chi connectivity index (χ4v) is 3.59. The molecule has 0 saturated heterocycles. The molecule has 150 valence electrons. The first-order chi connectivity index (χ1) is 13.0. The number of ether oxygens (including phenoxy) is 1. The van der Waals surface area contributed by atoms with E-state index in [1.165, 1.54) is 18.2 Å². The fourth-order valence-electron chi connectivity index (χ4n) is 2.16. The number of amides is 1. The summed E-state index contributed by atoms with van der Waals surface area (Å²) in [5.41, 5.74) is -0.946. The summed E-state index contributed by atoms with van der Waals surface area (Å²) >= 11 is 6.01. The number of hydrogen-bond acceptors (Lipinski definition) is 8. The van der Waals surface area contributed by atoms with Crippen molar-refractivity contribution in [1.82, 2.24) is 10.1 Å². The van der Waals surface area contributed by atoms with E-state index in [-0.39, 0.29) is 10.1 Å². The van der Waals surface area contributed by atoms with Gasteiger partial charge in [0.05, 0.1) is 4.90 Å². The number of benzene rings is 1. The molecule has 0 aliphatic heterocycles. The number of nitrogens with zero attached hydrogens (tertiary/aromatic N) is 4. The fraction of sp³-hybridized carbons (Fsp3) is 0.294. The number of carbonyl (C=O) groups is 1. The number of aliphatic imine (C=N–C) groups is 1. The molecule has 2 rings (SSSR count). The van der Waals surface area contributed by atoms with Crippen molar-refractivity contribution in [2.45, 2.75) is 38.2 Å². The Morgan fingerprint density at radius 3 is 2.57 bits per heavy atom. The van der Waals surface area contributed by atoms with Crippen LogP contribution in [0.3, 0.4) is 0 Å². The minimum Gasteiger partial charge on any atom is -0.443 e. The number of halogens is 1. The second-order valence-corrected chi connectivity index (χ2v) is 8.61. The Bertz CT molecular complexity index is 1110. The van der Waals surface area contributed by atoms with Crippen LogP contribution in [-0.2, 0) is 14.8 Å². The quantitative estimate of drug-likeness (QED) is 0.542. The number of carbonyl (C=O) groups excluding carboxylic acids is 1. The predicted molar refractivity (Wildman–Crippen MR) is 105 cm³/mol. The second-order valence-electron chi connectivity index (χ2n) is 6.47. The molecular formula is C17H19ClN4O5S. The summed E-state index contributed by atoms with van der Waals surface area (Å²) in [7, 11) is -4.42. The van der Waals surface area contributed by atoms with Gasteiger partial charge in [-0.1, -0.05) is 17.7 Å². The molecular weight excluding hydrogens is 408 g/mol. The van der Waals surface area contributed by atoms with Gasteiger partial charge >= 0.3 is 6.09 Å². The standard InChI is InChI=1S/C17H19ClN4O5S/c1-6-11-9-12(7-8-13(11)14(18)19-5)28(24,25)22(15-20-10-26-21-15)16(23)27-17(2,3)4/h6-10H,5H2,1-4H3/b11-6-,14-13-. The summed E-state index contributed by atoms with van der Waals surface area (Å²) in [6.07, 6.45) is 1.38. The number of rotatable bonds is 4. The van der Waals surface area contributed by atoms with Crippen LogP contribution in [0.5, 0.6) is 0 Å². The smallest absolute Gasteiger partial charge is 0.431 e. The lowest BCUT2D eigenvalue weighted by Gasteiger charge is -2.24. The van der Waals surface area contributed by atoms with Crippen molar-refractivity contribution in [1.29, 1.82) is 0 Å². The molecule has 0 fully saturated rings. The Kier molecular flexibility index (Phi) is 6.25. The number of aromatic nitrogens is 2. The van der Waals surface area contributed by atoms with E-state index in [2.05, 4.69) is 26.4 Å². The highest BCUT2D eigenvalue weighted by Crippen LogP contribution is 2.22. The molecule has 0 N–H and O–H groups in total. The van der Waals surface area contributed by atoms with Crippen LogP contribution in [0.4, 0.5) is 10.7 Å². The van der Waals surface area contributed by atoms with Crippen LogP contribution in [0.25, 0.3) is 11.2 Å². The molecule has 9 nitrogen and oxygen atoms in total. The second kappa shape index (κ2) is 8.11. The molecule has 0 atom stereocenters. The minimum atomic E-state index is -4.42. The third-order valence-corrected chi connectivity index (χ3v) is 5.29. The van der Waals surface area contributed by atoms with E-state index in [1.807, 2.05) is 0 Å². The third-order valence-electron chi connectivity index (χ3n) is 3.32. The van der Waals surface area contributed by atoms with E-state index in [0.717, 1.165) is 6.39 Å². The molecule has 0 aliphatic rings. The normalized spacial score (nSPS) is 13.8. The van der Waals surface area contributed by atoms with Crippen molar-refractivity contribution in [3.8, 4) is 0 Å². The summed E-state index contributed by atoms with van der Waals surface area (Å²) < 4.78 is 36.5. The van der Waals surface area contributed by atoms with E-state index in [4.69, 9.17) is 16.3 Å². The lowest BCUT2D eigenvalue weighted by Crippen LogP contribution is -2.42. The molecule has 1 amide bonds. The van der Waals surface area contributed by atoms with Crippen LogP contribution < -0.4 is 14.7 Å². The number of anilines is 1. The van der Waals surface area contributed by atoms with Crippen LogP contribution in [0, 0.1) is 0 Å². The third kappa shape index (κ3) is 4.57. The first-order valence-corrected chi connectivity index (χ1v) is 9.80. The van der Waals surface area contributed by atoms with Crippen LogP contribution in [-0.4, -0.2) is 37.0 Å². The Morgan fingerprint density at radius 1 is 1.39 bits per heavy atom. The minimum absolute atomic E-state index is 0.110. The molecule has 11 heteroatoms. The van der Waals surface area contributed by atoms with E-state index >= 15 is 0 Å². The Hall–Kier alpha value is -2.72. The molecule has 28 heavy (non-hydrogen) atoms. The molecule has 1 aromatic carbocycles. The summed E-state index contributed by atoms with van der Waals surface area (Å²) in [6.45, 7) is 9.86. The van der Waals surface area contributed by atoms with E-state index in [1.54, 1.807) is 33.8 Å². The summed E-state index contributed by atoms with van der Waals surface area (Å²) in [5, 5.41) is 4.54. The van der Waals surface area contributed by atoms with E-state index < -0.39 is 27.7 Å². The predicted octanol–water partition coefficient (Wildman–Crippen LogP) is 2.01. The summed E-state index contributed by atoms with van der Waals surface area (Å²) in [5.74, 6) is -0.474. The Morgan fingerprint density at radius 2 is 2.07 bits per heavy atom. The summed E-state index contributed by atoms with van der Waals surface area (Å²) in [6, 6.07) is 4.08. The number of hydrogen-bond donors (Lipinski definition) is 0. The van der Waals surface area contributed by atoms with Crippen molar-refractivity contribution >= 4 is 51.6 Å². The molecule has 1 heterocycles. The van der Waals surface area contributed by atoms with Gasteiger partial charge in [-0.15, -0.1) is 4.31 Å². The van der Waals surface area contributed by atoms with Crippen LogP contribution in [0.15, 0.2) is 39.0 Å². The first kappa shape index (κ1) is 21.6. The van der Waals surface area contributed by atoms with Gasteiger partial charge in [0.1, 0.15) is 10.8 Å².